The van der Waals surface area contributed by atoms with Crippen molar-refractivity contribution < 1.29 is 0 Å². The van der Waals surface area contributed by atoms with Crippen molar-refractivity contribution in [2.45, 2.75) is 19.4 Å². The Bertz CT molecular complexity index is 448. The molecule has 1 atom stereocenters. The van der Waals surface area contributed by atoms with Gasteiger partial charge in [-0.15, -0.1) is 11.3 Å². The second-order valence-electron chi connectivity index (χ2n) is 3.80. The van der Waals surface area contributed by atoms with Gasteiger partial charge in [0, 0.05) is 29.1 Å². The molecule has 16 heavy (non-hydrogen) atoms. The fourth-order valence-corrected chi connectivity index (χ4v) is 2.61. The maximum atomic E-state index is 6.13. The summed E-state index contributed by atoms with van der Waals surface area (Å²) in [6, 6.07) is 5.89. The summed E-state index contributed by atoms with van der Waals surface area (Å²) in [6.07, 6.45) is 2.56. The molecule has 2 nitrogen and oxygen atoms in total. The molecule has 1 unspecified atom stereocenters. The number of aromatic nitrogens is 1. The zero-order valence-corrected chi connectivity index (χ0v) is 10.6. The molecule has 0 saturated carbocycles. The van der Waals surface area contributed by atoms with Gasteiger partial charge in [-0.3, -0.25) is 0 Å². The van der Waals surface area contributed by atoms with Crippen LogP contribution < -0.4 is 5.73 Å². The second-order valence-corrected chi connectivity index (χ2v) is 5.21. The van der Waals surface area contributed by atoms with Crippen molar-refractivity contribution >= 4 is 22.9 Å². The number of benzene rings is 1. The lowest BCUT2D eigenvalue weighted by Crippen LogP contribution is -2.13. The molecule has 0 fully saturated rings. The maximum Gasteiger partial charge on any atom is 0.0943 e. The number of nitrogens with two attached hydrogens (primary N) is 1. The van der Waals surface area contributed by atoms with Gasteiger partial charge in [-0.05, 0) is 30.2 Å². The fourth-order valence-electron chi connectivity index (χ4n) is 1.64. The van der Waals surface area contributed by atoms with Crippen LogP contribution in [0.25, 0.3) is 0 Å². The largest absolute Gasteiger partial charge is 0.324 e. The predicted molar refractivity (Wildman–Crippen MR) is 68.9 cm³/mol. The Balaban J connectivity index is 2.17. The van der Waals surface area contributed by atoms with Crippen LogP contribution in [0.3, 0.4) is 0 Å². The van der Waals surface area contributed by atoms with Gasteiger partial charge in [-0.2, -0.15) is 0 Å². The highest BCUT2D eigenvalue weighted by Gasteiger charge is 2.09. The smallest absolute Gasteiger partial charge is 0.0943 e. The molecule has 4 heteroatoms. The summed E-state index contributed by atoms with van der Waals surface area (Å²) in [5, 5.41) is 3.76. The van der Waals surface area contributed by atoms with E-state index in [0.29, 0.717) is 0 Å². The Morgan fingerprint density at radius 3 is 2.88 bits per heavy atom. The zero-order valence-electron chi connectivity index (χ0n) is 8.98. The zero-order chi connectivity index (χ0) is 11.5. The van der Waals surface area contributed by atoms with Crippen molar-refractivity contribution in [2.24, 2.45) is 5.73 Å². The van der Waals surface area contributed by atoms with Crippen LogP contribution in [0.5, 0.6) is 0 Å². The van der Waals surface area contributed by atoms with Gasteiger partial charge < -0.3 is 5.73 Å². The molecule has 2 N–H and O–H groups in total. The summed E-state index contributed by atoms with van der Waals surface area (Å²) in [7, 11) is 0. The molecule has 1 aromatic carbocycles. The Morgan fingerprint density at radius 2 is 2.25 bits per heavy atom. The van der Waals surface area contributed by atoms with Crippen molar-refractivity contribution in [3.63, 3.8) is 0 Å². The van der Waals surface area contributed by atoms with E-state index < -0.39 is 0 Å². The van der Waals surface area contributed by atoms with E-state index in [1.165, 1.54) is 0 Å². The van der Waals surface area contributed by atoms with Crippen molar-refractivity contribution in [2.75, 3.05) is 0 Å². The first-order valence-electron chi connectivity index (χ1n) is 5.06. The number of thiazole rings is 1. The molecule has 0 spiro atoms. The van der Waals surface area contributed by atoms with Crippen LogP contribution in [-0.4, -0.2) is 4.98 Å². The minimum absolute atomic E-state index is 0.0384. The van der Waals surface area contributed by atoms with E-state index in [-0.39, 0.29) is 6.04 Å². The second kappa shape index (κ2) is 4.95. The van der Waals surface area contributed by atoms with Gasteiger partial charge in [-0.25, -0.2) is 4.98 Å². The van der Waals surface area contributed by atoms with Crippen LogP contribution >= 0.6 is 22.9 Å². The van der Waals surface area contributed by atoms with Crippen molar-refractivity contribution in [1.82, 2.24) is 4.98 Å². The minimum atomic E-state index is -0.0384. The highest BCUT2D eigenvalue weighted by Crippen LogP contribution is 2.22. The average Bonchev–Trinajstić information content (AvgIpc) is 2.68. The molecule has 84 valence electrons. The number of nitrogens with zero attached hydrogens (tertiary/aromatic N) is 1. The van der Waals surface area contributed by atoms with E-state index >= 15 is 0 Å². The molecule has 0 amide bonds. The summed E-state index contributed by atoms with van der Waals surface area (Å²) in [6.45, 7) is 2.02. The van der Waals surface area contributed by atoms with Gasteiger partial charge in [0.2, 0.25) is 0 Å². The van der Waals surface area contributed by atoms with Crippen LogP contribution in [0.4, 0.5) is 0 Å². The standard InChI is InChI=1S/C12H13ClN2S/c1-8-4-9(6-10(13)5-8)11(14)7-12-15-2-3-16-12/h2-6,11H,7,14H2,1H3. The molecule has 0 aliphatic rings. The predicted octanol–water partition coefficient (Wildman–Crippen LogP) is 3.35. The number of hydrogen-bond donors (Lipinski definition) is 1. The summed E-state index contributed by atoms with van der Waals surface area (Å²) in [5.41, 5.74) is 8.34. The summed E-state index contributed by atoms with van der Waals surface area (Å²) in [5.74, 6) is 0. The first kappa shape index (κ1) is 11.6. The van der Waals surface area contributed by atoms with Gasteiger partial charge in [0.05, 0.1) is 5.01 Å². The van der Waals surface area contributed by atoms with Crippen LogP contribution in [-0.2, 0) is 6.42 Å². The lowest BCUT2D eigenvalue weighted by atomic mass is 10.0. The summed E-state index contributed by atoms with van der Waals surface area (Å²) >= 11 is 7.64. The Kier molecular flexibility index (Phi) is 3.59. The first-order valence-corrected chi connectivity index (χ1v) is 6.32. The third kappa shape index (κ3) is 2.82. The van der Waals surface area contributed by atoms with Crippen LogP contribution in [0.1, 0.15) is 22.2 Å². The Labute approximate surface area is 104 Å². The minimum Gasteiger partial charge on any atom is -0.324 e. The third-order valence-corrected chi connectivity index (χ3v) is 3.39. The topological polar surface area (TPSA) is 38.9 Å². The molecule has 0 aliphatic carbocycles. The van der Waals surface area contributed by atoms with E-state index in [4.69, 9.17) is 17.3 Å². The molecular weight excluding hydrogens is 240 g/mol. The summed E-state index contributed by atoms with van der Waals surface area (Å²) < 4.78 is 0. The van der Waals surface area contributed by atoms with E-state index in [1.54, 1.807) is 17.5 Å². The van der Waals surface area contributed by atoms with E-state index in [2.05, 4.69) is 11.1 Å². The van der Waals surface area contributed by atoms with E-state index in [1.807, 2.05) is 24.4 Å². The monoisotopic (exact) mass is 252 g/mol. The number of aryl methyl sites for hydroxylation is 1. The van der Waals surface area contributed by atoms with Gasteiger partial charge >= 0.3 is 0 Å². The highest BCUT2D eigenvalue weighted by atomic mass is 35.5. The molecule has 0 aliphatic heterocycles. The van der Waals surface area contributed by atoms with E-state index in [9.17, 15) is 0 Å². The first-order chi connectivity index (χ1) is 7.65. The highest BCUT2D eigenvalue weighted by molar-refractivity contribution is 7.09. The molecule has 2 aromatic rings. The molecule has 1 aromatic heterocycles. The van der Waals surface area contributed by atoms with Crippen molar-refractivity contribution in [1.29, 1.82) is 0 Å². The molecular formula is C12H13ClN2S. The van der Waals surface area contributed by atoms with Crippen LogP contribution in [0.2, 0.25) is 5.02 Å². The normalized spacial score (nSPS) is 12.7. The lowest BCUT2D eigenvalue weighted by Gasteiger charge is -2.11. The Hall–Kier alpha value is -0.900. The van der Waals surface area contributed by atoms with Gasteiger partial charge in [0.15, 0.2) is 0 Å². The van der Waals surface area contributed by atoms with Crippen molar-refractivity contribution in [3.05, 3.63) is 50.9 Å². The molecule has 2 rings (SSSR count). The molecule has 1 heterocycles. The van der Waals surface area contributed by atoms with Gasteiger partial charge in [0.25, 0.3) is 0 Å². The van der Waals surface area contributed by atoms with Gasteiger partial charge in [0.1, 0.15) is 0 Å². The average molecular weight is 253 g/mol. The number of rotatable bonds is 3. The fraction of sp³-hybridized carbons (Fsp3) is 0.250. The van der Waals surface area contributed by atoms with Crippen molar-refractivity contribution in [3.8, 4) is 0 Å². The lowest BCUT2D eigenvalue weighted by molar-refractivity contribution is 0.717. The molecule has 0 radical (unpaired) electrons. The van der Waals surface area contributed by atoms with Crippen LogP contribution in [0, 0.1) is 6.92 Å². The third-order valence-electron chi connectivity index (χ3n) is 2.37. The number of hydrogen-bond acceptors (Lipinski definition) is 3. The SMILES string of the molecule is Cc1cc(Cl)cc(C(N)Cc2nccs2)c1. The Morgan fingerprint density at radius 1 is 1.44 bits per heavy atom. The van der Waals surface area contributed by atoms with Gasteiger partial charge in [-0.1, -0.05) is 17.7 Å². The van der Waals surface area contributed by atoms with Crippen LogP contribution in [0.15, 0.2) is 29.8 Å². The maximum absolute atomic E-state index is 6.13. The molecule has 0 saturated heterocycles. The number of halogens is 1. The summed E-state index contributed by atoms with van der Waals surface area (Å²) in [4.78, 5) is 4.23. The quantitative estimate of drug-likeness (QED) is 0.910. The molecule has 0 bridgehead atoms. The van der Waals surface area contributed by atoms with E-state index in [0.717, 1.165) is 27.6 Å².